The van der Waals surface area contributed by atoms with E-state index in [4.69, 9.17) is 62.7 Å². The number of esters is 1. The van der Waals surface area contributed by atoms with Crippen molar-refractivity contribution in [3.8, 4) is 0 Å². The molecule has 2 aromatic rings. The third-order valence-corrected chi connectivity index (χ3v) is 4.45. The molecule has 0 fully saturated rings. The van der Waals surface area contributed by atoms with Gasteiger partial charge in [0, 0.05) is 11.2 Å². The molecule has 1 aromatic carbocycles. The van der Waals surface area contributed by atoms with Gasteiger partial charge < -0.3 is 10.1 Å². The van der Waals surface area contributed by atoms with Gasteiger partial charge in [-0.1, -0.05) is 58.0 Å². The minimum Gasteiger partial charge on any atom is -0.451 e. The number of nitrogens with zero attached hydrogens (tertiary/aromatic N) is 1. The highest BCUT2D eigenvalue weighted by Gasteiger charge is 2.19. The Balaban J connectivity index is 2.00. The SMILES string of the molecule is O=C(COC(=O)c1ncc(Cl)c(Cl)c1Cl)Nc1cc(Cl)ccc1Cl. The molecule has 2 rings (SSSR count). The maximum atomic E-state index is 11.9. The molecule has 0 aliphatic rings. The Kier molecular flexibility index (Phi) is 6.54. The second kappa shape index (κ2) is 8.23. The van der Waals surface area contributed by atoms with Gasteiger partial charge in [0.25, 0.3) is 5.91 Å². The molecule has 1 aromatic heterocycles. The van der Waals surface area contributed by atoms with Gasteiger partial charge in [0.05, 0.1) is 25.8 Å². The van der Waals surface area contributed by atoms with Gasteiger partial charge in [-0.05, 0) is 18.2 Å². The van der Waals surface area contributed by atoms with E-state index in [0.29, 0.717) is 5.02 Å². The van der Waals surface area contributed by atoms with Crippen LogP contribution < -0.4 is 5.32 Å². The fourth-order valence-corrected chi connectivity index (χ4v) is 2.46. The largest absolute Gasteiger partial charge is 0.451 e. The third kappa shape index (κ3) is 4.65. The molecule has 0 aliphatic heterocycles. The Hall–Kier alpha value is -1.24. The average molecular weight is 428 g/mol. The number of nitrogens with one attached hydrogen (secondary N) is 1. The van der Waals surface area contributed by atoms with Crippen molar-refractivity contribution in [2.75, 3.05) is 11.9 Å². The first-order valence-electron chi connectivity index (χ1n) is 6.21. The summed E-state index contributed by atoms with van der Waals surface area (Å²) < 4.78 is 4.83. The van der Waals surface area contributed by atoms with Gasteiger partial charge in [0.2, 0.25) is 0 Å². The summed E-state index contributed by atoms with van der Waals surface area (Å²) in [6.07, 6.45) is 1.15. The summed E-state index contributed by atoms with van der Waals surface area (Å²) in [5.74, 6) is -1.55. The number of anilines is 1. The maximum absolute atomic E-state index is 11.9. The van der Waals surface area contributed by atoms with Gasteiger partial charge >= 0.3 is 5.97 Å². The number of carbonyl (C=O) groups is 2. The number of halogens is 5. The standard InChI is InChI=1S/C14H7Cl5N2O3/c15-6-1-2-7(16)9(3-6)21-10(22)5-24-14(23)13-12(19)11(18)8(17)4-20-13/h1-4H,5H2,(H,21,22). The number of aromatic nitrogens is 1. The van der Waals surface area contributed by atoms with Crippen LogP contribution in [0.25, 0.3) is 0 Å². The maximum Gasteiger partial charge on any atom is 0.359 e. The molecule has 1 heterocycles. The van der Waals surface area contributed by atoms with Crippen molar-refractivity contribution in [1.82, 2.24) is 4.98 Å². The number of carbonyl (C=O) groups excluding carboxylic acids is 2. The smallest absolute Gasteiger partial charge is 0.359 e. The number of benzene rings is 1. The molecule has 0 unspecified atom stereocenters. The number of pyridine rings is 1. The van der Waals surface area contributed by atoms with E-state index in [0.717, 1.165) is 6.20 Å². The summed E-state index contributed by atoms with van der Waals surface area (Å²) in [7, 11) is 0. The second-order valence-electron chi connectivity index (χ2n) is 4.33. The van der Waals surface area contributed by atoms with Crippen molar-refractivity contribution in [2.45, 2.75) is 0 Å². The summed E-state index contributed by atoms with van der Waals surface area (Å²) >= 11 is 29.1. The van der Waals surface area contributed by atoms with Gasteiger partial charge in [-0.25, -0.2) is 9.78 Å². The summed E-state index contributed by atoms with van der Waals surface area (Å²) in [6.45, 7) is -0.583. The Bertz CT molecular complexity index is 813. The number of hydrogen-bond acceptors (Lipinski definition) is 4. The molecule has 10 heteroatoms. The van der Waals surface area contributed by atoms with Gasteiger partial charge in [0.1, 0.15) is 0 Å². The molecule has 0 spiro atoms. The average Bonchev–Trinajstić information content (AvgIpc) is 2.54. The van der Waals surface area contributed by atoms with Crippen molar-refractivity contribution in [3.63, 3.8) is 0 Å². The predicted octanol–water partition coefficient (Wildman–Crippen LogP) is 5.14. The Morgan fingerprint density at radius 1 is 1.04 bits per heavy atom. The first kappa shape index (κ1) is 19.1. The van der Waals surface area contributed by atoms with E-state index in [2.05, 4.69) is 10.3 Å². The zero-order valence-corrected chi connectivity index (χ0v) is 15.4. The molecule has 0 atom stereocenters. The van der Waals surface area contributed by atoms with E-state index >= 15 is 0 Å². The van der Waals surface area contributed by atoms with Crippen LogP contribution in [0.4, 0.5) is 5.69 Å². The lowest BCUT2D eigenvalue weighted by Crippen LogP contribution is -2.21. The topological polar surface area (TPSA) is 68.3 Å². The van der Waals surface area contributed by atoms with Crippen LogP contribution in [-0.4, -0.2) is 23.5 Å². The third-order valence-electron chi connectivity index (χ3n) is 2.65. The zero-order valence-electron chi connectivity index (χ0n) is 11.6. The lowest BCUT2D eigenvalue weighted by molar-refractivity contribution is -0.119. The van der Waals surface area contributed by atoms with Crippen molar-refractivity contribution >= 4 is 75.6 Å². The van der Waals surface area contributed by atoms with Crippen molar-refractivity contribution in [1.29, 1.82) is 0 Å². The molecule has 24 heavy (non-hydrogen) atoms. The van der Waals surface area contributed by atoms with Gasteiger partial charge in [-0.2, -0.15) is 0 Å². The molecule has 5 nitrogen and oxygen atoms in total. The Morgan fingerprint density at radius 3 is 2.46 bits per heavy atom. The summed E-state index contributed by atoms with van der Waals surface area (Å²) in [4.78, 5) is 27.5. The van der Waals surface area contributed by atoms with Crippen LogP contribution in [0.3, 0.4) is 0 Å². The first-order valence-corrected chi connectivity index (χ1v) is 8.10. The molecule has 0 bridgehead atoms. The van der Waals surface area contributed by atoms with Crippen molar-refractivity contribution < 1.29 is 14.3 Å². The lowest BCUT2D eigenvalue weighted by Gasteiger charge is -2.09. The lowest BCUT2D eigenvalue weighted by atomic mass is 10.3. The van der Waals surface area contributed by atoms with Crippen LogP contribution in [0.15, 0.2) is 24.4 Å². The van der Waals surface area contributed by atoms with Crippen molar-refractivity contribution in [3.05, 3.63) is 55.2 Å². The minimum absolute atomic E-state index is 0.0320. The van der Waals surface area contributed by atoms with Gasteiger partial charge in [-0.15, -0.1) is 0 Å². The summed E-state index contributed by atoms with van der Waals surface area (Å²) in [5.41, 5.74) is 0.0376. The number of ether oxygens (including phenoxy) is 1. The first-order chi connectivity index (χ1) is 11.3. The van der Waals surface area contributed by atoms with E-state index in [1.165, 1.54) is 12.1 Å². The Labute approximate surface area is 161 Å². The fraction of sp³-hybridized carbons (Fsp3) is 0.0714. The van der Waals surface area contributed by atoms with E-state index in [-0.39, 0.29) is 31.5 Å². The molecular weight excluding hydrogens is 421 g/mol. The van der Waals surface area contributed by atoms with Crippen molar-refractivity contribution in [2.24, 2.45) is 0 Å². The second-order valence-corrected chi connectivity index (χ2v) is 6.34. The highest BCUT2D eigenvalue weighted by Crippen LogP contribution is 2.31. The van der Waals surface area contributed by atoms with E-state index in [9.17, 15) is 9.59 Å². The molecule has 0 saturated heterocycles. The van der Waals surface area contributed by atoms with E-state index in [1.54, 1.807) is 6.07 Å². The van der Waals surface area contributed by atoms with Crippen LogP contribution in [0.1, 0.15) is 10.5 Å². The zero-order chi connectivity index (χ0) is 17.9. The highest BCUT2D eigenvalue weighted by molar-refractivity contribution is 6.48. The van der Waals surface area contributed by atoms with Gasteiger partial charge in [0.15, 0.2) is 12.3 Å². The fourth-order valence-electron chi connectivity index (χ4n) is 1.56. The highest BCUT2D eigenvalue weighted by atomic mass is 35.5. The molecule has 1 amide bonds. The van der Waals surface area contributed by atoms with Crippen LogP contribution >= 0.6 is 58.0 Å². The number of amides is 1. The van der Waals surface area contributed by atoms with Crippen LogP contribution in [0, 0.1) is 0 Å². The Morgan fingerprint density at radius 2 is 1.75 bits per heavy atom. The number of hydrogen-bond donors (Lipinski definition) is 1. The summed E-state index contributed by atoms with van der Waals surface area (Å²) in [5, 5.41) is 3.03. The van der Waals surface area contributed by atoms with Crippen LogP contribution in [0.2, 0.25) is 25.1 Å². The van der Waals surface area contributed by atoms with Gasteiger partial charge in [-0.3, -0.25) is 4.79 Å². The van der Waals surface area contributed by atoms with E-state index in [1.807, 2.05) is 0 Å². The molecular formula is C14H7Cl5N2O3. The predicted molar refractivity (Wildman–Crippen MR) is 94.6 cm³/mol. The summed E-state index contributed by atoms with van der Waals surface area (Å²) in [6, 6.07) is 4.55. The number of rotatable bonds is 4. The molecule has 0 aliphatic carbocycles. The monoisotopic (exact) mass is 426 g/mol. The molecule has 0 radical (unpaired) electrons. The molecule has 126 valence electrons. The molecule has 0 saturated carbocycles. The van der Waals surface area contributed by atoms with E-state index < -0.39 is 18.5 Å². The van der Waals surface area contributed by atoms with Crippen LogP contribution in [-0.2, 0) is 9.53 Å². The minimum atomic E-state index is -0.925. The quantitative estimate of drug-likeness (QED) is 0.685. The van der Waals surface area contributed by atoms with Crippen LogP contribution in [0.5, 0.6) is 0 Å². The normalized spacial score (nSPS) is 10.4. The molecule has 1 N–H and O–H groups in total.